The second-order valence-corrected chi connectivity index (χ2v) is 8.34. The van der Waals surface area contributed by atoms with Gasteiger partial charge in [0.1, 0.15) is 6.54 Å². The maximum Gasteiger partial charge on any atom is 0.260 e. The molecule has 0 aliphatic rings. The van der Waals surface area contributed by atoms with E-state index in [9.17, 15) is 18.3 Å². The number of amides is 1. The first kappa shape index (κ1) is 21.8. The Labute approximate surface area is 172 Å². The molecule has 0 heterocycles. The van der Waals surface area contributed by atoms with Gasteiger partial charge >= 0.3 is 0 Å². The van der Waals surface area contributed by atoms with E-state index >= 15 is 0 Å². The Morgan fingerprint density at radius 3 is 2.64 bits per heavy atom. The maximum atomic E-state index is 12.2. The third-order valence-corrected chi connectivity index (χ3v) is 5.15. The number of aromatic hydroxyl groups is 1. The molecule has 0 aromatic heterocycles. The number of sulfonamides is 1. The van der Waals surface area contributed by atoms with Crippen LogP contribution in [0.4, 0.5) is 5.69 Å². The molecule has 0 bridgehead atoms. The molecule has 0 unspecified atom stereocenters. The van der Waals surface area contributed by atoms with Gasteiger partial charge in [0, 0.05) is 5.02 Å². The summed E-state index contributed by atoms with van der Waals surface area (Å²) in [7, 11) is -2.41. The second-order valence-electron chi connectivity index (χ2n) is 5.59. The molecule has 2 aromatic rings. The van der Waals surface area contributed by atoms with Gasteiger partial charge in [-0.3, -0.25) is 9.10 Å². The van der Waals surface area contributed by atoms with E-state index in [1.165, 1.54) is 43.7 Å². The van der Waals surface area contributed by atoms with Gasteiger partial charge in [-0.15, -0.1) is 0 Å². The van der Waals surface area contributed by atoms with E-state index < -0.39 is 22.5 Å². The van der Waals surface area contributed by atoms with Gasteiger partial charge in [-0.25, -0.2) is 13.8 Å². The van der Waals surface area contributed by atoms with Crippen molar-refractivity contribution in [1.82, 2.24) is 5.43 Å². The van der Waals surface area contributed by atoms with E-state index in [2.05, 4.69) is 10.5 Å². The number of phenolic OH excluding ortho intramolecular Hbond substituents is 1. The van der Waals surface area contributed by atoms with Crippen LogP contribution in [0.1, 0.15) is 5.56 Å². The van der Waals surface area contributed by atoms with E-state index in [1.807, 2.05) is 0 Å². The van der Waals surface area contributed by atoms with Crippen molar-refractivity contribution in [3.8, 4) is 11.5 Å². The monoisotopic (exact) mass is 445 g/mol. The van der Waals surface area contributed by atoms with Gasteiger partial charge in [0.25, 0.3) is 5.91 Å². The molecule has 150 valence electrons. The second kappa shape index (κ2) is 9.13. The molecule has 0 aliphatic heterocycles. The minimum Gasteiger partial charge on any atom is -0.504 e. The Morgan fingerprint density at radius 1 is 1.29 bits per heavy atom. The number of ether oxygens (including phenoxy) is 1. The van der Waals surface area contributed by atoms with Gasteiger partial charge in [0.15, 0.2) is 11.5 Å². The molecule has 11 heteroatoms. The summed E-state index contributed by atoms with van der Waals surface area (Å²) in [6.07, 6.45) is 2.26. The molecule has 2 N–H and O–H groups in total. The van der Waals surface area contributed by atoms with Gasteiger partial charge in [-0.1, -0.05) is 23.2 Å². The molecule has 2 rings (SSSR count). The number of carbonyl (C=O) groups excluding carboxylic acids is 1. The third-order valence-electron chi connectivity index (χ3n) is 3.47. The van der Waals surface area contributed by atoms with Crippen LogP contribution in [0.25, 0.3) is 0 Å². The van der Waals surface area contributed by atoms with Crippen LogP contribution in [0.2, 0.25) is 10.0 Å². The molecule has 0 saturated heterocycles. The lowest BCUT2D eigenvalue weighted by Crippen LogP contribution is -2.39. The fourth-order valence-electron chi connectivity index (χ4n) is 2.18. The molecule has 0 fully saturated rings. The molecule has 0 aliphatic carbocycles. The number of rotatable bonds is 7. The molecular weight excluding hydrogens is 429 g/mol. The Bertz CT molecular complexity index is 1010. The summed E-state index contributed by atoms with van der Waals surface area (Å²) in [4.78, 5) is 12.2. The average Bonchev–Trinajstić information content (AvgIpc) is 2.62. The van der Waals surface area contributed by atoms with E-state index in [1.54, 1.807) is 6.07 Å². The zero-order valence-electron chi connectivity index (χ0n) is 14.9. The van der Waals surface area contributed by atoms with Crippen LogP contribution >= 0.6 is 23.2 Å². The summed E-state index contributed by atoms with van der Waals surface area (Å²) in [5.74, 6) is -0.483. The highest BCUT2D eigenvalue weighted by atomic mass is 35.5. The highest BCUT2D eigenvalue weighted by molar-refractivity contribution is 7.92. The minimum absolute atomic E-state index is 0.0362. The topological polar surface area (TPSA) is 108 Å². The van der Waals surface area contributed by atoms with Crippen LogP contribution in [0.3, 0.4) is 0 Å². The zero-order valence-corrected chi connectivity index (χ0v) is 17.2. The number of nitrogens with zero attached hydrogens (tertiary/aromatic N) is 2. The van der Waals surface area contributed by atoms with Gasteiger partial charge in [0.2, 0.25) is 10.0 Å². The molecule has 0 saturated carbocycles. The number of hydrogen-bond acceptors (Lipinski definition) is 6. The Kier molecular flexibility index (Phi) is 7.11. The highest BCUT2D eigenvalue weighted by Gasteiger charge is 2.23. The summed E-state index contributed by atoms with van der Waals surface area (Å²) in [5, 5.41) is 13.7. The zero-order chi connectivity index (χ0) is 20.9. The van der Waals surface area contributed by atoms with Crippen molar-refractivity contribution >= 4 is 51.0 Å². The minimum atomic E-state index is -3.81. The molecule has 2 aromatic carbocycles. The first-order valence-corrected chi connectivity index (χ1v) is 10.3. The molecule has 0 radical (unpaired) electrons. The van der Waals surface area contributed by atoms with Crippen molar-refractivity contribution in [3.63, 3.8) is 0 Å². The Hall–Kier alpha value is -2.49. The fraction of sp³-hybridized carbons (Fsp3) is 0.176. The smallest absolute Gasteiger partial charge is 0.260 e. The molecule has 28 heavy (non-hydrogen) atoms. The molecule has 0 spiro atoms. The lowest BCUT2D eigenvalue weighted by Gasteiger charge is -2.22. The number of benzene rings is 2. The van der Waals surface area contributed by atoms with Crippen molar-refractivity contribution in [1.29, 1.82) is 0 Å². The van der Waals surface area contributed by atoms with Crippen LogP contribution in [0.5, 0.6) is 11.5 Å². The largest absolute Gasteiger partial charge is 0.504 e. The number of anilines is 1. The standard InChI is InChI=1S/C17H17Cl2N3O5S/c1-27-16-7-11(3-6-15(16)23)9-20-21-17(24)10-22(28(2,25)26)14-8-12(18)4-5-13(14)19/h3-9,23H,10H2,1-2H3,(H,21,24)/b20-9+. The number of phenols is 1. The summed E-state index contributed by atoms with van der Waals surface area (Å²) in [6, 6.07) is 8.77. The number of hydrogen-bond donors (Lipinski definition) is 2. The Balaban J connectivity index is 2.13. The summed E-state index contributed by atoms with van der Waals surface area (Å²) >= 11 is 12.0. The summed E-state index contributed by atoms with van der Waals surface area (Å²) < 4.78 is 30.0. The van der Waals surface area contributed by atoms with Crippen molar-refractivity contribution in [2.75, 3.05) is 24.2 Å². The quantitative estimate of drug-likeness (QED) is 0.502. The SMILES string of the molecule is COc1cc(/C=N/NC(=O)CN(c2cc(Cl)ccc2Cl)S(C)(=O)=O)ccc1O. The molecule has 0 atom stereocenters. The highest BCUT2D eigenvalue weighted by Crippen LogP contribution is 2.30. The summed E-state index contributed by atoms with van der Waals surface area (Å²) in [6.45, 7) is -0.546. The lowest BCUT2D eigenvalue weighted by molar-refractivity contribution is -0.119. The van der Waals surface area contributed by atoms with E-state index in [0.29, 0.717) is 5.56 Å². The van der Waals surface area contributed by atoms with Gasteiger partial charge < -0.3 is 9.84 Å². The van der Waals surface area contributed by atoms with Gasteiger partial charge in [0.05, 0.1) is 30.3 Å². The number of methoxy groups -OCH3 is 1. The summed E-state index contributed by atoms with van der Waals surface area (Å²) in [5.41, 5.74) is 2.87. The molecule has 1 amide bonds. The predicted molar refractivity (Wildman–Crippen MR) is 109 cm³/mol. The molecular formula is C17H17Cl2N3O5S. The fourth-order valence-corrected chi connectivity index (χ4v) is 3.47. The number of carbonyl (C=O) groups is 1. The number of hydrazone groups is 1. The van der Waals surface area contributed by atoms with Crippen LogP contribution in [0, 0.1) is 0 Å². The van der Waals surface area contributed by atoms with Crippen LogP contribution in [0.15, 0.2) is 41.5 Å². The first-order chi connectivity index (χ1) is 13.1. The normalized spacial score (nSPS) is 11.4. The van der Waals surface area contributed by atoms with E-state index in [0.717, 1.165) is 10.6 Å². The van der Waals surface area contributed by atoms with Crippen molar-refractivity contribution in [2.45, 2.75) is 0 Å². The van der Waals surface area contributed by atoms with Crippen LogP contribution < -0.4 is 14.5 Å². The maximum absolute atomic E-state index is 12.2. The third kappa shape index (κ3) is 5.75. The van der Waals surface area contributed by atoms with E-state index in [4.69, 9.17) is 27.9 Å². The van der Waals surface area contributed by atoms with E-state index in [-0.39, 0.29) is 27.2 Å². The first-order valence-electron chi connectivity index (χ1n) is 7.73. The van der Waals surface area contributed by atoms with Crippen molar-refractivity contribution < 1.29 is 23.1 Å². The van der Waals surface area contributed by atoms with Crippen LogP contribution in [-0.4, -0.2) is 45.6 Å². The molecule has 8 nitrogen and oxygen atoms in total. The Morgan fingerprint density at radius 2 is 2.00 bits per heavy atom. The van der Waals surface area contributed by atoms with Gasteiger partial charge in [-0.05, 0) is 42.0 Å². The number of nitrogens with one attached hydrogen (secondary N) is 1. The van der Waals surface area contributed by atoms with Crippen molar-refractivity contribution in [2.24, 2.45) is 5.10 Å². The average molecular weight is 446 g/mol. The van der Waals surface area contributed by atoms with Crippen LogP contribution in [-0.2, 0) is 14.8 Å². The van der Waals surface area contributed by atoms with Gasteiger partial charge in [-0.2, -0.15) is 5.10 Å². The lowest BCUT2D eigenvalue weighted by atomic mass is 10.2. The van der Waals surface area contributed by atoms with Crippen molar-refractivity contribution in [3.05, 3.63) is 52.0 Å². The number of halogens is 2. The predicted octanol–water partition coefficient (Wildman–Crippen LogP) is 2.62.